The van der Waals surface area contributed by atoms with Crippen LogP contribution in [0.1, 0.15) is 25.3 Å². The molecule has 1 N–H and O–H groups in total. The van der Waals surface area contributed by atoms with Gasteiger partial charge in [-0.3, -0.25) is 14.5 Å². The van der Waals surface area contributed by atoms with Crippen LogP contribution < -0.4 is 10.2 Å². The number of benzene rings is 2. The number of nitrogens with one attached hydrogen (secondary N) is 1. The van der Waals surface area contributed by atoms with E-state index in [4.69, 9.17) is 0 Å². The van der Waals surface area contributed by atoms with Crippen molar-refractivity contribution in [3.63, 3.8) is 0 Å². The van der Waals surface area contributed by atoms with Gasteiger partial charge in [-0.25, -0.2) is 9.69 Å². The Morgan fingerprint density at radius 1 is 1.00 bits per heavy atom. The van der Waals surface area contributed by atoms with Crippen molar-refractivity contribution in [2.24, 2.45) is 0 Å². The topological polar surface area (TPSA) is 73.0 Å². The number of urea groups is 1. The number of para-hydroxylation sites is 1. The molecule has 0 saturated carbocycles. The van der Waals surface area contributed by atoms with Crippen molar-refractivity contribution < 1.29 is 14.4 Å². The average molecular weight is 421 g/mol. The van der Waals surface area contributed by atoms with E-state index in [1.165, 1.54) is 10.5 Å². The Balaban J connectivity index is 1.28. The summed E-state index contributed by atoms with van der Waals surface area (Å²) >= 11 is 0. The molecule has 0 aromatic heterocycles. The number of piperidine rings is 1. The number of nitrogens with zero attached hydrogens (tertiary/aromatic N) is 3. The first kappa shape index (κ1) is 21.1. The maximum Gasteiger partial charge on any atom is 0.332 e. The number of aryl methyl sites for hydroxylation is 1. The zero-order valence-corrected chi connectivity index (χ0v) is 17.8. The van der Waals surface area contributed by atoms with Gasteiger partial charge in [-0.2, -0.15) is 0 Å². The van der Waals surface area contributed by atoms with Crippen molar-refractivity contribution >= 4 is 29.2 Å². The Kier molecular flexibility index (Phi) is 6.32. The molecule has 0 bridgehead atoms. The molecule has 2 saturated heterocycles. The number of likely N-dealkylation sites (tertiary alicyclic amines) is 1. The first-order valence-electron chi connectivity index (χ1n) is 10.8. The first-order valence-corrected chi connectivity index (χ1v) is 10.8. The van der Waals surface area contributed by atoms with Gasteiger partial charge in [0, 0.05) is 24.8 Å². The summed E-state index contributed by atoms with van der Waals surface area (Å²) in [5.74, 6) is -0.225. The van der Waals surface area contributed by atoms with Crippen LogP contribution in [0.3, 0.4) is 0 Å². The lowest BCUT2D eigenvalue weighted by Crippen LogP contribution is -2.48. The molecule has 2 fully saturated rings. The molecule has 2 aromatic carbocycles. The molecule has 0 atom stereocenters. The fourth-order valence-electron chi connectivity index (χ4n) is 4.25. The van der Waals surface area contributed by atoms with E-state index >= 15 is 0 Å². The molecule has 0 radical (unpaired) electrons. The minimum atomic E-state index is -0.247. The monoisotopic (exact) mass is 420 g/mol. The van der Waals surface area contributed by atoms with Crippen molar-refractivity contribution in [2.45, 2.75) is 32.2 Å². The van der Waals surface area contributed by atoms with E-state index in [-0.39, 0.29) is 30.4 Å². The number of hydrogen-bond donors (Lipinski definition) is 1. The van der Waals surface area contributed by atoms with E-state index in [9.17, 15) is 14.4 Å². The van der Waals surface area contributed by atoms with Gasteiger partial charge in [0.2, 0.25) is 5.91 Å². The maximum absolute atomic E-state index is 12.9. The van der Waals surface area contributed by atoms with Crippen LogP contribution >= 0.6 is 0 Å². The third-order valence-electron chi connectivity index (χ3n) is 6.02. The van der Waals surface area contributed by atoms with Gasteiger partial charge in [-0.05, 0) is 49.1 Å². The predicted molar refractivity (Wildman–Crippen MR) is 120 cm³/mol. The summed E-state index contributed by atoms with van der Waals surface area (Å²) in [7, 11) is 0. The molecule has 2 aromatic rings. The Hall–Kier alpha value is -3.19. The maximum atomic E-state index is 12.9. The molecule has 31 heavy (non-hydrogen) atoms. The van der Waals surface area contributed by atoms with Crippen LogP contribution in [0, 0.1) is 0 Å². The van der Waals surface area contributed by atoms with Gasteiger partial charge >= 0.3 is 6.03 Å². The van der Waals surface area contributed by atoms with Crippen LogP contribution in [0.4, 0.5) is 16.2 Å². The summed E-state index contributed by atoms with van der Waals surface area (Å²) in [6, 6.07) is 16.7. The molecule has 2 aliphatic heterocycles. The Bertz CT molecular complexity index is 937. The number of carbonyl (C=O) groups is 3. The van der Waals surface area contributed by atoms with E-state index in [1.807, 2.05) is 42.5 Å². The summed E-state index contributed by atoms with van der Waals surface area (Å²) in [5, 5.41) is 2.95. The highest BCUT2D eigenvalue weighted by atomic mass is 16.2. The molecular formula is C24H28N4O3. The Morgan fingerprint density at radius 3 is 2.32 bits per heavy atom. The van der Waals surface area contributed by atoms with Crippen LogP contribution in [-0.2, 0) is 16.0 Å². The SMILES string of the molecule is CCc1ccc(NC(=O)CN2CCC(N3CC(=O)N(c4ccccc4)C3=O)CC2)cc1. The zero-order chi connectivity index (χ0) is 21.8. The van der Waals surface area contributed by atoms with Crippen molar-refractivity contribution in [3.05, 3.63) is 60.2 Å². The fraction of sp³-hybridized carbons (Fsp3) is 0.375. The molecule has 0 aliphatic carbocycles. The van der Waals surface area contributed by atoms with E-state index in [0.29, 0.717) is 12.2 Å². The predicted octanol–water partition coefficient (Wildman–Crippen LogP) is 3.12. The number of imide groups is 1. The lowest BCUT2D eigenvalue weighted by atomic mass is 10.0. The fourth-order valence-corrected chi connectivity index (χ4v) is 4.25. The van der Waals surface area contributed by atoms with Crippen LogP contribution in [0.25, 0.3) is 0 Å². The van der Waals surface area contributed by atoms with Gasteiger partial charge in [0.1, 0.15) is 6.54 Å². The van der Waals surface area contributed by atoms with Gasteiger partial charge in [0.05, 0.1) is 12.2 Å². The van der Waals surface area contributed by atoms with E-state index in [1.54, 1.807) is 17.0 Å². The molecule has 0 unspecified atom stereocenters. The summed E-state index contributed by atoms with van der Waals surface area (Å²) in [5.41, 5.74) is 2.65. The first-order chi connectivity index (χ1) is 15.0. The third-order valence-corrected chi connectivity index (χ3v) is 6.02. The second-order valence-corrected chi connectivity index (χ2v) is 8.08. The van der Waals surface area contributed by atoms with Gasteiger partial charge in [-0.1, -0.05) is 37.3 Å². The van der Waals surface area contributed by atoms with Crippen molar-refractivity contribution in [3.8, 4) is 0 Å². The van der Waals surface area contributed by atoms with E-state index in [2.05, 4.69) is 17.1 Å². The van der Waals surface area contributed by atoms with Gasteiger partial charge in [0.25, 0.3) is 5.91 Å². The third kappa shape index (κ3) is 4.77. The minimum absolute atomic E-state index is 0.0195. The Morgan fingerprint density at radius 2 is 1.68 bits per heavy atom. The van der Waals surface area contributed by atoms with Crippen molar-refractivity contribution in [1.82, 2.24) is 9.80 Å². The Labute approximate surface area is 182 Å². The lowest BCUT2D eigenvalue weighted by molar-refractivity contribution is -0.117. The van der Waals surface area contributed by atoms with E-state index in [0.717, 1.165) is 38.0 Å². The summed E-state index contributed by atoms with van der Waals surface area (Å²) in [4.78, 5) is 42.8. The molecule has 2 heterocycles. The van der Waals surface area contributed by atoms with Crippen LogP contribution in [0.15, 0.2) is 54.6 Å². The highest BCUT2D eigenvalue weighted by molar-refractivity contribution is 6.19. The molecule has 4 amide bonds. The highest BCUT2D eigenvalue weighted by Crippen LogP contribution is 2.26. The van der Waals surface area contributed by atoms with E-state index < -0.39 is 0 Å². The quantitative estimate of drug-likeness (QED) is 0.729. The van der Waals surface area contributed by atoms with Gasteiger partial charge in [-0.15, -0.1) is 0 Å². The molecule has 2 aliphatic rings. The normalized spacial score (nSPS) is 18.0. The highest BCUT2D eigenvalue weighted by Gasteiger charge is 2.41. The zero-order valence-electron chi connectivity index (χ0n) is 17.8. The summed E-state index contributed by atoms with van der Waals surface area (Å²) in [6.45, 7) is 3.98. The van der Waals surface area contributed by atoms with Crippen LogP contribution in [-0.4, -0.2) is 59.9 Å². The lowest BCUT2D eigenvalue weighted by Gasteiger charge is -2.35. The smallest absolute Gasteiger partial charge is 0.325 e. The summed E-state index contributed by atoms with van der Waals surface area (Å²) < 4.78 is 0. The second kappa shape index (κ2) is 9.31. The second-order valence-electron chi connectivity index (χ2n) is 8.08. The standard InChI is InChI=1S/C24H28N4O3/c1-2-18-8-10-19(11-9-18)25-22(29)16-26-14-12-20(13-15-26)27-17-23(30)28(24(27)31)21-6-4-3-5-7-21/h3-11,20H,2,12-17H2,1H3,(H,25,29). The number of rotatable bonds is 6. The number of carbonyl (C=O) groups excluding carboxylic acids is 3. The van der Waals surface area contributed by atoms with Crippen LogP contribution in [0.2, 0.25) is 0 Å². The molecule has 7 nitrogen and oxygen atoms in total. The van der Waals surface area contributed by atoms with Crippen molar-refractivity contribution in [2.75, 3.05) is 36.4 Å². The summed E-state index contributed by atoms with van der Waals surface area (Å²) in [6.07, 6.45) is 2.47. The van der Waals surface area contributed by atoms with Gasteiger partial charge < -0.3 is 10.2 Å². The van der Waals surface area contributed by atoms with Crippen LogP contribution in [0.5, 0.6) is 0 Å². The molecule has 4 rings (SSSR count). The molecule has 162 valence electrons. The largest absolute Gasteiger partial charge is 0.332 e. The molecular weight excluding hydrogens is 392 g/mol. The average Bonchev–Trinajstić information content (AvgIpc) is 3.09. The molecule has 0 spiro atoms. The number of amides is 4. The van der Waals surface area contributed by atoms with Gasteiger partial charge in [0.15, 0.2) is 0 Å². The minimum Gasteiger partial charge on any atom is -0.325 e. The van der Waals surface area contributed by atoms with Crippen molar-refractivity contribution in [1.29, 1.82) is 0 Å². The number of anilines is 2. The number of hydrogen-bond acceptors (Lipinski definition) is 4. The molecule has 7 heteroatoms.